The van der Waals surface area contributed by atoms with Crippen LogP contribution in [0.2, 0.25) is 0 Å². The molecule has 1 atom stereocenters. The maximum Gasteiger partial charge on any atom is 0.261 e. The highest BCUT2D eigenvalue weighted by atomic mass is 16.5. The first kappa shape index (κ1) is 20.8. The van der Waals surface area contributed by atoms with E-state index in [1.807, 2.05) is 43.3 Å². The molecule has 0 heterocycles. The van der Waals surface area contributed by atoms with Gasteiger partial charge in [-0.25, -0.2) is 0 Å². The van der Waals surface area contributed by atoms with Crippen LogP contribution in [0.5, 0.6) is 11.5 Å². The van der Waals surface area contributed by atoms with Crippen molar-refractivity contribution in [1.29, 1.82) is 0 Å². The van der Waals surface area contributed by atoms with E-state index in [0.717, 1.165) is 23.5 Å². The fourth-order valence-corrected chi connectivity index (χ4v) is 2.76. The number of benzene rings is 2. The molecule has 27 heavy (non-hydrogen) atoms. The van der Waals surface area contributed by atoms with Gasteiger partial charge in [0.2, 0.25) is 0 Å². The molecule has 1 N–H and O–H groups in total. The number of methoxy groups -OCH3 is 1. The van der Waals surface area contributed by atoms with E-state index in [-0.39, 0.29) is 11.3 Å². The molecule has 0 aliphatic heterocycles. The Hall–Kier alpha value is -2.49. The molecule has 0 aromatic heterocycles. The first-order valence-electron chi connectivity index (χ1n) is 9.51. The van der Waals surface area contributed by atoms with Crippen molar-refractivity contribution in [3.63, 3.8) is 0 Å². The fourth-order valence-electron chi connectivity index (χ4n) is 2.76. The van der Waals surface area contributed by atoms with Gasteiger partial charge in [-0.3, -0.25) is 4.79 Å². The predicted molar refractivity (Wildman–Crippen MR) is 110 cm³/mol. The summed E-state index contributed by atoms with van der Waals surface area (Å²) >= 11 is 0. The molecule has 0 bridgehead atoms. The van der Waals surface area contributed by atoms with Crippen LogP contribution in [0.15, 0.2) is 48.5 Å². The summed E-state index contributed by atoms with van der Waals surface area (Å²) < 4.78 is 11.1. The lowest BCUT2D eigenvalue weighted by Crippen LogP contribution is -2.38. The van der Waals surface area contributed by atoms with Crippen molar-refractivity contribution < 1.29 is 14.3 Å². The van der Waals surface area contributed by atoms with E-state index in [4.69, 9.17) is 9.47 Å². The van der Waals surface area contributed by atoms with Gasteiger partial charge in [-0.15, -0.1) is 0 Å². The van der Waals surface area contributed by atoms with E-state index < -0.39 is 6.10 Å². The Balaban J connectivity index is 1.85. The Morgan fingerprint density at radius 2 is 1.59 bits per heavy atom. The molecular weight excluding hydrogens is 338 g/mol. The Morgan fingerprint density at radius 3 is 2.11 bits per heavy atom. The number of hydrogen-bond donors (Lipinski definition) is 1. The van der Waals surface area contributed by atoms with E-state index in [0.29, 0.717) is 13.0 Å². The third-order valence-corrected chi connectivity index (χ3v) is 4.53. The molecule has 4 nitrogen and oxygen atoms in total. The molecule has 2 aromatic rings. The molecule has 0 saturated heterocycles. The van der Waals surface area contributed by atoms with Crippen LogP contribution in [0.1, 0.15) is 45.2 Å². The van der Waals surface area contributed by atoms with Gasteiger partial charge in [0.15, 0.2) is 6.10 Å². The summed E-state index contributed by atoms with van der Waals surface area (Å²) in [5.74, 6) is 1.48. The van der Waals surface area contributed by atoms with E-state index in [1.54, 1.807) is 7.11 Å². The zero-order valence-electron chi connectivity index (χ0n) is 17.0. The lowest BCUT2D eigenvalue weighted by Gasteiger charge is -2.21. The van der Waals surface area contributed by atoms with E-state index in [2.05, 4.69) is 38.2 Å². The van der Waals surface area contributed by atoms with Crippen molar-refractivity contribution in [2.75, 3.05) is 13.7 Å². The lowest BCUT2D eigenvalue weighted by molar-refractivity contribution is -0.128. The van der Waals surface area contributed by atoms with Crippen LogP contribution in [-0.4, -0.2) is 25.7 Å². The van der Waals surface area contributed by atoms with Gasteiger partial charge in [-0.2, -0.15) is 0 Å². The third kappa shape index (κ3) is 6.31. The zero-order chi connectivity index (χ0) is 19.9. The molecular formula is C23H31NO3. The molecule has 4 heteroatoms. The number of carbonyl (C=O) groups excluding carboxylic acids is 1. The number of nitrogens with one attached hydrogen (secondary N) is 1. The van der Waals surface area contributed by atoms with Gasteiger partial charge < -0.3 is 14.8 Å². The van der Waals surface area contributed by atoms with Gasteiger partial charge in [0.05, 0.1) is 7.11 Å². The molecule has 2 aromatic carbocycles. The average Bonchev–Trinajstić information content (AvgIpc) is 2.66. The fraction of sp³-hybridized carbons (Fsp3) is 0.435. The number of ether oxygens (including phenoxy) is 2. The van der Waals surface area contributed by atoms with Crippen LogP contribution in [-0.2, 0) is 16.6 Å². The highest BCUT2D eigenvalue weighted by Crippen LogP contribution is 2.24. The van der Waals surface area contributed by atoms with Crippen molar-refractivity contribution >= 4 is 5.91 Å². The van der Waals surface area contributed by atoms with Crippen LogP contribution < -0.4 is 14.8 Å². The average molecular weight is 370 g/mol. The largest absolute Gasteiger partial charge is 0.497 e. The van der Waals surface area contributed by atoms with Crippen LogP contribution in [0.25, 0.3) is 0 Å². The molecule has 0 fully saturated rings. The van der Waals surface area contributed by atoms with Crippen molar-refractivity contribution in [2.45, 2.75) is 52.1 Å². The van der Waals surface area contributed by atoms with Crippen LogP contribution in [0.4, 0.5) is 0 Å². The summed E-state index contributed by atoms with van der Waals surface area (Å²) in [5, 5.41) is 2.97. The first-order valence-corrected chi connectivity index (χ1v) is 9.51. The van der Waals surface area contributed by atoms with Crippen molar-refractivity contribution in [3.8, 4) is 11.5 Å². The molecule has 2 rings (SSSR count). The summed E-state index contributed by atoms with van der Waals surface area (Å²) in [6.07, 6.45) is 0.906. The highest BCUT2D eigenvalue weighted by Gasteiger charge is 2.19. The minimum atomic E-state index is -0.485. The molecule has 0 unspecified atom stereocenters. The van der Waals surface area contributed by atoms with Gasteiger partial charge in [0, 0.05) is 6.54 Å². The summed E-state index contributed by atoms with van der Waals surface area (Å²) in [5.41, 5.74) is 2.50. The molecule has 0 saturated carbocycles. The second-order valence-corrected chi connectivity index (χ2v) is 7.68. The Bertz CT molecular complexity index is 715. The second kappa shape index (κ2) is 9.45. The van der Waals surface area contributed by atoms with Crippen LogP contribution in [0.3, 0.4) is 0 Å². The number of rotatable bonds is 8. The second-order valence-electron chi connectivity index (χ2n) is 7.68. The normalized spacial score (nSPS) is 12.3. The number of hydrogen-bond acceptors (Lipinski definition) is 3. The van der Waals surface area contributed by atoms with Gasteiger partial charge in [0.1, 0.15) is 11.5 Å². The highest BCUT2D eigenvalue weighted by molar-refractivity contribution is 5.81. The zero-order valence-corrected chi connectivity index (χ0v) is 17.0. The summed E-state index contributed by atoms with van der Waals surface area (Å²) in [6, 6.07) is 15.9. The summed E-state index contributed by atoms with van der Waals surface area (Å²) in [4.78, 5) is 12.4. The maximum absolute atomic E-state index is 12.4. The third-order valence-electron chi connectivity index (χ3n) is 4.53. The molecule has 0 radical (unpaired) electrons. The summed E-state index contributed by atoms with van der Waals surface area (Å²) in [7, 11) is 1.65. The van der Waals surface area contributed by atoms with Crippen LogP contribution in [0, 0.1) is 0 Å². The van der Waals surface area contributed by atoms with Gasteiger partial charge in [-0.05, 0) is 53.6 Å². The Kier molecular flexibility index (Phi) is 7.28. The molecule has 0 aliphatic rings. The van der Waals surface area contributed by atoms with Gasteiger partial charge in [-0.1, -0.05) is 52.0 Å². The van der Waals surface area contributed by atoms with E-state index in [9.17, 15) is 4.79 Å². The van der Waals surface area contributed by atoms with Crippen molar-refractivity contribution in [3.05, 3.63) is 59.7 Å². The Morgan fingerprint density at radius 1 is 1.00 bits per heavy atom. The van der Waals surface area contributed by atoms with Crippen molar-refractivity contribution in [1.82, 2.24) is 5.32 Å². The standard InChI is InChI=1S/C23H31NO3/c1-6-21(27-20-13-9-18(10-14-20)23(2,3)4)22(25)24-16-15-17-7-11-19(26-5)12-8-17/h7-14,21H,6,15-16H2,1-5H3,(H,24,25)/t21-/m1/s1. The smallest absolute Gasteiger partial charge is 0.261 e. The quantitative estimate of drug-likeness (QED) is 0.745. The van der Waals surface area contributed by atoms with E-state index >= 15 is 0 Å². The SMILES string of the molecule is CC[C@@H](Oc1ccc(C(C)(C)C)cc1)C(=O)NCCc1ccc(OC)cc1. The maximum atomic E-state index is 12.4. The molecule has 0 aliphatic carbocycles. The number of amides is 1. The minimum absolute atomic E-state index is 0.0779. The van der Waals surface area contributed by atoms with Crippen LogP contribution >= 0.6 is 0 Å². The summed E-state index contributed by atoms with van der Waals surface area (Å²) in [6.45, 7) is 9.06. The topological polar surface area (TPSA) is 47.6 Å². The lowest BCUT2D eigenvalue weighted by atomic mass is 9.87. The van der Waals surface area contributed by atoms with Gasteiger partial charge in [0.25, 0.3) is 5.91 Å². The van der Waals surface area contributed by atoms with Crippen molar-refractivity contribution in [2.24, 2.45) is 0 Å². The molecule has 1 amide bonds. The monoisotopic (exact) mass is 369 g/mol. The predicted octanol–water partition coefficient (Wildman–Crippen LogP) is 4.51. The Labute approximate surface area is 162 Å². The molecule has 0 spiro atoms. The van der Waals surface area contributed by atoms with E-state index in [1.165, 1.54) is 5.56 Å². The van der Waals surface area contributed by atoms with Gasteiger partial charge >= 0.3 is 0 Å². The minimum Gasteiger partial charge on any atom is -0.497 e. The number of carbonyl (C=O) groups is 1. The first-order chi connectivity index (χ1) is 12.8. The molecule has 146 valence electrons.